The van der Waals surface area contributed by atoms with Crippen molar-refractivity contribution in [3.05, 3.63) is 59.2 Å². The molecule has 1 amide bonds. The minimum absolute atomic E-state index is 0.0627. The quantitative estimate of drug-likeness (QED) is 0.563. The highest BCUT2D eigenvalue weighted by molar-refractivity contribution is 5.76. The predicted molar refractivity (Wildman–Crippen MR) is 109 cm³/mol. The Bertz CT molecular complexity index is 969. The third-order valence-electron chi connectivity index (χ3n) is 5.80. The summed E-state index contributed by atoms with van der Waals surface area (Å²) in [4.78, 5) is 16.6. The van der Waals surface area contributed by atoms with Gasteiger partial charge in [0, 0.05) is 39.2 Å². The molecule has 9 heteroatoms. The molecule has 0 aliphatic carbocycles. The minimum Gasteiger partial charge on any atom is -0.364 e. The smallest absolute Gasteiger partial charge is 0.222 e. The molecule has 0 radical (unpaired) electrons. The van der Waals surface area contributed by atoms with Crippen molar-refractivity contribution in [3.8, 4) is 0 Å². The third kappa shape index (κ3) is 4.56. The molecule has 0 bridgehead atoms. The van der Waals surface area contributed by atoms with Gasteiger partial charge in [0.2, 0.25) is 5.91 Å². The zero-order valence-electron chi connectivity index (χ0n) is 17.4. The van der Waals surface area contributed by atoms with Gasteiger partial charge in [-0.1, -0.05) is 29.4 Å². The fourth-order valence-corrected chi connectivity index (χ4v) is 3.81. The fourth-order valence-electron chi connectivity index (χ4n) is 3.81. The van der Waals surface area contributed by atoms with Crippen molar-refractivity contribution in [2.24, 2.45) is 0 Å². The molecule has 3 heterocycles. The molecule has 158 valence electrons. The second-order valence-corrected chi connectivity index (χ2v) is 7.76. The molecule has 1 atom stereocenters. The monoisotopic (exact) mass is 409 g/mol. The van der Waals surface area contributed by atoms with E-state index in [1.165, 1.54) is 17.4 Å². The minimum atomic E-state index is -0.123. The average Bonchev–Trinajstić information content (AvgIpc) is 3.45. The van der Waals surface area contributed by atoms with E-state index < -0.39 is 0 Å². The number of amides is 1. The number of hydrogen-bond acceptors (Lipinski definition) is 7. The molecule has 0 N–H and O–H groups in total. The van der Waals surface area contributed by atoms with Gasteiger partial charge in [0.1, 0.15) is 12.0 Å². The first-order chi connectivity index (χ1) is 14.6. The number of aryl methyl sites for hydroxylation is 1. The van der Waals surface area contributed by atoms with Gasteiger partial charge in [0.25, 0.3) is 0 Å². The Morgan fingerprint density at radius 2 is 2.10 bits per heavy atom. The Hall–Kier alpha value is -3.07. The summed E-state index contributed by atoms with van der Waals surface area (Å²) in [7, 11) is 1.79. The number of tetrazole rings is 1. The van der Waals surface area contributed by atoms with Gasteiger partial charge in [0.15, 0.2) is 5.82 Å². The summed E-state index contributed by atoms with van der Waals surface area (Å²) < 4.78 is 6.69. The van der Waals surface area contributed by atoms with Crippen molar-refractivity contribution in [2.45, 2.75) is 51.9 Å². The van der Waals surface area contributed by atoms with Gasteiger partial charge < -0.3 is 9.42 Å². The lowest BCUT2D eigenvalue weighted by atomic mass is 10.00. The molecule has 0 fully saturated rings. The average molecular weight is 409 g/mol. The molecular weight excluding hydrogens is 382 g/mol. The summed E-state index contributed by atoms with van der Waals surface area (Å²) in [6.07, 6.45) is 3.66. The van der Waals surface area contributed by atoms with Gasteiger partial charge in [-0.25, -0.2) is 4.68 Å². The molecule has 9 nitrogen and oxygen atoms in total. The topological polar surface area (TPSA) is 93.2 Å². The van der Waals surface area contributed by atoms with Gasteiger partial charge in [-0.3, -0.25) is 9.69 Å². The SMILES string of the molecule is C[C@@H](c1ccon1)N(C)C(=O)CCCn1nnnc1CN1CCc2ccccc2C1. The first-order valence-corrected chi connectivity index (χ1v) is 10.3. The van der Waals surface area contributed by atoms with Crippen LogP contribution >= 0.6 is 0 Å². The van der Waals surface area contributed by atoms with E-state index >= 15 is 0 Å². The van der Waals surface area contributed by atoms with Crippen molar-refractivity contribution in [1.82, 2.24) is 35.2 Å². The summed E-state index contributed by atoms with van der Waals surface area (Å²) in [6, 6.07) is 10.2. The summed E-state index contributed by atoms with van der Waals surface area (Å²) in [5, 5.41) is 16.1. The number of aromatic nitrogens is 5. The zero-order chi connectivity index (χ0) is 20.9. The normalized spacial score (nSPS) is 15.0. The summed E-state index contributed by atoms with van der Waals surface area (Å²) in [5.74, 6) is 0.902. The molecule has 0 saturated heterocycles. The van der Waals surface area contributed by atoms with Crippen LogP contribution in [-0.2, 0) is 30.8 Å². The van der Waals surface area contributed by atoms with E-state index in [0.29, 0.717) is 25.9 Å². The molecule has 1 aromatic carbocycles. The van der Waals surface area contributed by atoms with E-state index in [1.807, 2.05) is 11.6 Å². The van der Waals surface area contributed by atoms with Crippen LogP contribution in [0.3, 0.4) is 0 Å². The van der Waals surface area contributed by atoms with E-state index in [2.05, 4.69) is 49.8 Å². The van der Waals surface area contributed by atoms with Crippen LogP contribution in [0.5, 0.6) is 0 Å². The van der Waals surface area contributed by atoms with Crippen LogP contribution in [0.4, 0.5) is 0 Å². The van der Waals surface area contributed by atoms with Crippen LogP contribution < -0.4 is 0 Å². The highest BCUT2D eigenvalue weighted by Gasteiger charge is 2.21. The van der Waals surface area contributed by atoms with Gasteiger partial charge in [-0.05, 0) is 41.3 Å². The van der Waals surface area contributed by atoms with Crippen LogP contribution in [0.1, 0.15) is 48.5 Å². The number of fused-ring (bicyclic) bond motifs is 1. The van der Waals surface area contributed by atoms with E-state index in [9.17, 15) is 4.79 Å². The maximum Gasteiger partial charge on any atom is 0.222 e. The van der Waals surface area contributed by atoms with E-state index in [1.54, 1.807) is 18.0 Å². The Labute approximate surface area is 175 Å². The number of hydrogen-bond donors (Lipinski definition) is 0. The Morgan fingerprint density at radius 3 is 2.90 bits per heavy atom. The molecule has 0 unspecified atom stereocenters. The number of benzene rings is 1. The van der Waals surface area contributed by atoms with Crippen molar-refractivity contribution in [3.63, 3.8) is 0 Å². The molecule has 0 spiro atoms. The van der Waals surface area contributed by atoms with Crippen LogP contribution in [-0.4, -0.2) is 54.7 Å². The molecule has 0 saturated carbocycles. The highest BCUT2D eigenvalue weighted by atomic mass is 16.5. The van der Waals surface area contributed by atoms with Gasteiger partial charge in [0.05, 0.1) is 12.6 Å². The third-order valence-corrected chi connectivity index (χ3v) is 5.80. The van der Waals surface area contributed by atoms with Crippen LogP contribution in [0.25, 0.3) is 0 Å². The van der Waals surface area contributed by atoms with Crippen molar-refractivity contribution in [1.29, 1.82) is 0 Å². The van der Waals surface area contributed by atoms with Gasteiger partial charge >= 0.3 is 0 Å². The van der Waals surface area contributed by atoms with E-state index in [4.69, 9.17) is 4.52 Å². The largest absolute Gasteiger partial charge is 0.364 e. The summed E-state index contributed by atoms with van der Waals surface area (Å²) >= 11 is 0. The maximum atomic E-state index is 12.5. The number of rotatable bonds is 8. The van der Waals surface area contributed by atoms with Gasteiger partial charge in [-0.2, -0.15) is 0 Å². The molecule has 1 aliphatic heterocycles. The van der Waals surface area contributed by atoms with Crippen LogP contribution in [0.15, 0.2) is 41.1 Å². The molecule has 3 aromatic rings. The Kier molecular flexibility index (Phi) is 6.18. The molecule has 2 aromatic heterocycles. The second-order valence-electron chi connectivity index (χ2n) is 7.76. The lowest BCUT2D eigenvalue weighted by molar-refractivity contribution is -0.132. The number of nitrogens with zero attached hydrogens (tertiary/aromatic N) is 7. The van der Waals surface area contributed by atoms with Crippen molar-refractivity contribution >= 4 is 5.91 Å². The van der Waals surface area contributed by atoms with Gasteiger partial charge in [-0.15, -0.1) is 5.10 Å². The summed E-state index contributed by atoms with van der Waals surface area (Å²) in [5.41, 5.74) is 3.55. The number of carbonyl (C=O) groups is 1. The number of carbonyl (C=O) groups excluding carboxylic acids is 1. The summed E-state index contributed by atoms with van der Waals surface area (Å²) in [6.45, 7) is 5.16. The molecule has 30 heavy (non-hydrogen) atoms. The van der Waals surface area contributed by atoms with E-state index in [-0.39, 0.29) is 11.9 Å². The van der Waals surface area contributed by atoms with Crippen LogP contribution in [0, 0.1) is 0 Å². The lowest BCUT2D eigenvalue weighted by Gasteiger charge is -2.28. The molecule has 1 aliphatic rings. The maximum absolute atomic E-state index is 12.5. The fraction of sp³-hybridized carbons (Fsp3) is 0.476. The molecular formula is C21H27N7O2. The predicted octanol–water partition coefficient (Wildman–Crippen LogP) is 2.22. The first-order valence-electron chi connectivity index (χ1n) is 10.3. The van der Waals surface area contributed by atoms with E-state index in [0.717, 1.165) is 31.0 Å². The second kappa shape index (κ2) is 9.17. The molecule has 4 rings (SSSR count). The highest BCUT2D eigenvalue weighted by Crippen LogP contribution is 2.20. The Balaban J connectivity index is 1.27. The van der Waals surface area contributed by atoms with Crippen molar-refractivity contribution in [2.75, 3.05) is 13.6 Å². The standard InChI is InChI=1S/C21H27N7O2/c1-16(19-10-13-30-23-19)26(2)21(29)8-5-11-28-20(22-24-25-28)15-27-12-9-17-6-3-4-7-18(17)14-27/h3-4,6-7,10,13,16H,5,8-9,11-12,14-15H2,1-2H3/t16-/m0/s1. The first kappa shape index (κ1) is 20.2. The van der Waals surface area contributed by atoms with Crippen molar-refractivity contribution < 1.29 is 9.32 Å². The zero-order valence-corrected chi connectivity index (χ0v) is 17.4. The van der Waals surface area contributed by atoms with Crippen LogP contribution in [0.2, 0.25) is 0 Å². The Morgan fingerprint density at radius 1 is 1.27 bits per heavy atom. The lowest BCUT2D eigenvalue weighted by Crippen LogP contribution is -2.31.